The van der Waals surface area contributed by atoms with Crippen molar-refractivity contribution < 1.29 is 0 Å². The molecule has 2 rings (SSSR count). The molecule has 2 nitrogen and oxygen atoms in total. The zero-order chi connectivity index (χ0) is 13.7. The predicted octanol–water partition coefficient (Wildman–Crippen LogP) is 3.77. The van der Waals surface area contributed by atoms with Crippen molar-refractivity contribution in [3.8, 4) is 0 Å². The molecule has 0 bridgehead atoms. The summed E-state index contributed by atoms with van der Waals surface area (Å²) in [4.78, 5) is 7.01. The highest BCUT2D eigenvalue weighted by Crippen LogP contribution is 2.22. The molecule has 0 aromatic rings. The van der Waals surface area contributed by atoms with Crippen LogP contribution < -0.4 is 0 Å². The van der Waals surface area contributed by atoms with Crippen LogP contribution in [-0.2, 0) is 0 Å². The average molecular weight is 258 g/mol. The van der Waals surface area contributed by atoms with Crippen LogP contribution in [0.4, 0.5) is 0 Å². The van der Waals surface area contributed by atoms with Crippen LogP contribution in [0.3, 0.4) is 0 Å². The Hall–Kier alpha value is -1.15. The lowest BCUT2D eigenvalue weighted by Crippen LogP contribution is -2.31. The SMILES string of the molecule is CC/C=C1/C=C(CN2CCCCC2)C=C(C)C1=NC. The number of piperidine rings is 1. The molecular formula is C17H26N2. The molecule has 0 radical (unpaired) electrons. The molecule has 0 amide bonds. The van der Waals surface area contributed by atoms with E-state index in [1.54, 1.807) is 0 Å². The van der Waals surface area contributed by atoms with E-state index in [1.807, 2.05) is 7.05 Å². The Morgan fingerprint density at radius 3 is 2.58 bits per heavy atom. The number of aliphatic imine (C=N–C) groups is 1. The highest BCUT2D eigenvalue weighted by atomic mass is 15.1. The molecule has 1 aliphatic carbocycles. The molecule has 0 atom stereocenters. The molecule has 1 saturated heterocycles. The fraction of sp³-hybridized carbons (Fsp3) is 0.588. The van der Waals surface area contributed by atoms with Crippen molar-refractivity contribution in [2.24, 2.45) is 4.99 Å². The summed E-state index contributed by atoms with van der Waals surface area (Å²) in [6, 6.07) is 0. The fourth-order valence-corrected chi connectivity index (χ4v) is 3.03. The Balaban J connectivity index is 2.14. The van der Waals surface area contributed by atoms with E-state index in [1.165, 1.54) is 49.1 Å². The summed E-state index contributed by atoms with van der Waals surface area (Å²) in [5.74, 6) is 0. The monoisotopic (exact) mass is 258 g/mol. The van der Waals surface area contributed by atoms with Gasteiger partial charge in [-0.05, 0) is 62.1 Å². The quantitative estimate of drug-likeness (QED) is 0.752. The summed E-state index contributed by atoms with van der Waals surface area (Å²) in [6.45, 7) is 7.97. The molecule has 1 heterocycles. The first-order valence-electron chi connectivity index (χ1n) is 7.53. The van der Waals surface area contributed by atoms with Gasteiger partial charge in [0, 0.05) is 13.6 Å². The highest BCUT2D eigenvalue weighted by Gasteiger charge is 2.16. The van der Waals surface area contributed by atoms with Gasteiger partial charge in [0.1, 0.15) is 0 Å². The zero-order valence-electron chi connectivity index (χ0n) is 12.6. The van der Waals surface area contributed by atoms with Crippen LogP contribution in [0, 0.1) is 0 Å². The summed E-state index contributed by atoms with van der Waals surface area (Å²) >= 11 is 0. The van der Waals surface area contributed by atoms with E-state index in [-0.39, 0.29) is 0 Å². The largest absolute Gasteiger partial charge is 0.299 e. The summed E-state index contributed by atoms with van der Waals surface area (Å²) in [5, 5.41) is 0. The third kappa shape index (κ3) is 3.66. The first-order chi connectivity index (χ1) is 9.24. The molecular weight excluding hydrogens is 232 g/mol. The van der Waals surface area contributed by atoms with Crippen LogP contribution in [0.1, 0.15) is 39.5 Å². The van der Waals surface area contributed by atoms with Gasteiger partial charge in [-0.3, -0.25) is 9.89 Å². The molecule has 1 aliphatic heterocycles. The molecule has 19 heavy (non-hydrogen) atoms. The molecule has 0 unspecified atom stereocenters. The first kappa shape index (κ1) is 14.3. The van der Waals surface area contributed by atoms with E-state index < -0.39 is 0 Å². The Morgan fingerprint density at radius 1 is 1.21 bits per heavy atom. The first-order valence-corrected chi connectivity index (χ1v) is 7.53. The number of nitrogens with zero attached hydrogens (tertiary/aromatic N) is 2. The lowest BCUT2D eigenvalue weighted by atomic mass is 9.92. The summed E-state index contributed by atoms with van der Waals surface area (Å²) < 4.78 is 0. The smallest absolute Gasteiger partial charge is 0.0669 e. The third-order valence-corrected chi connectivity index (χ3v) is 3.89. The second kappa shape index (κ2) is 6.85. The van der Waals surface area contributed by atoms with Gasteiger partial charge < -0.3 is 0 Å². The van der Waals surface area contributed by atoms with Crippen LogP contribution in [0.5, 0.6) is 0 Å². The van der Waals surface area contributed by atoms with Gasteiger partial charge in [-0.1, -0.05) is 25.5 Å². The zero-order valence-corrected chi connectivity index (χ0v) is 12.6. The van der Waals surface area contributed by atoms with E-state index in [9.17, 15) is 0 Å². The Labute approximate surface area is 117 Å². The second-order valence-electron chi connectivity index (χ2n) is 5.52. The molecule has 0 aromatic carbocycles. The van der Waals surface area contributed by atoms with Crippen LogP contribution >= 0.6 is 0 Å². The number of hydrogen-bond acceptors (Lipinski definition) is 2. The van der Waals surface area contributed by atoms with Gasteiger partial charge in [0.15, 0.2) is 0 Å². The van der Waals surface area contributed by atoms with Crippen molar-refractivity contribution >= 4 is 5.71 Å². The number of hydrogen-bond donors (Lipinski definition) is 0. The van der Waals surface area contributed by atoms with Crippen LogP contribution in [0.25, 0.3) is 0 Å². The Bertz CT molecular complexity index is 432. The maximum atomic E-state index is 4.43. The van der Waals surface area contributed by atoms with Crippen molar-refractivity contribution in [2.45, 2.75) is 39.5 Å². The molecule has 0 saturated carbocycles. The molecule has 0 spiro atoms. The van der Waals surface area contributed by atoms with Gasteiger partial charge in [-0.2, -0.15) is 0 Å². The molecule has 1 fully saturated rings. The summed E-state index contributed by atoms with van der Waals surface area (Å²) in [7, 11) is 1.89. The van der Waals surface area contributed by atoms with Crippen molar-refractivity contribution in [3.05, 3.63) is 34.9 Å². The van der Waals surface area contributed by atoms with E-state index in [0.29, 0.717) is 0 Å². The van der Waals surface area contributed by atoms with Crippen molar-refractivity contribution in [1.29, 1.82) is 0 Å². The van der Waals surface area contributed by atoms with Crippen molar-refractivity contribution in [2.75, 3.05) is 26.7 Å². The third-order valence-electron chi connectivity index (χ3n) is 3.89. The van der Waals surface area contributed by atoms with E-state index in [0.717, 1.165) is 18.7 Å². The molecule has 2 aliphatic rings. The summed E-state index contributed by atoms with van der Waals surface area (Å²) in [5.41, 5.74) is 5.20. The Kier molecular flexibility index (Phi) is 5.15. The minimum atomic E-state index is 1.06. The topological polar surface area (TPSA) is 15.6 Å². The molecule has 2 heteroatoms. The lowest BCUT2D eigenvalue weighted by Gasteiger charge is -2.28. The van der Waals surface area contributed by atoms with Gasteiger partial charge in [0.05, 0.1) is 5.71 Å². The van der Waals surface area contributed by atoms with Gasteiger partial charge in [0.2, 0.25) is 0 Å². The second-order valence-corrected chi connectivity index (χ2v) is 5.52. The van der Waals surface area contributed by atoms with Gasteiger partial charge >= 0.3 is 0 Å². The molecule has 104 valence electrons. The van der Waals surface area contributed by atoms with E-state index in [4.69, 9.17) is 0 Å². The van der Waals surface area contributed by atoms with Gasteiger partial charge in [0.25, 0.3) is 0 Å². The minimum Gasteiger partial charge on any atom is -0.299 e. The fourth-order valence-electron chi connectivity index (χ4n) is 3.03. The maximum Gasteiger partial charge on any atom is 0.0669 e. The normalized spacial score (nSPS) is 25.6. The minimum absolute atomic E-state index is 1.06. The average Bonchev–Trinajstić information content (AvgIpc) is 2.40. The molecule has 0 aromatic heterocycles. The number of allylic oxidation sites excluding steroid dienone is 4. The van der Waals surface area contributed by atoms with Crippen molar-refractivity contribution in [1.82, 2.24) is 4.90 Å². The highest BCUT2D eigenvalue weighted by molar-refractivity contribution is 6.15. The number of likely N-dealkylation sites (tertiary alicyclic amines) is 1. The standard InChI is InChI=1S/C17H26N2/c1-4-8-16-12-15(11-14(2)17(16)18-3)13-19-9-6-5-7-10-19/h8,11-12H,4-7,9-10,13H2,1-3H3/b16-8-,18-17?. The lowest BCUT2D eigenvalue weighted by molar-refractivity contribution is 0.248. The van der Waals surface area contributed by atoms with Gasteiger partial charge in [-0.25, -0.2) is 0 Å². The maximum absolute atomic E-state index is 4.43. The molecule has 0 N–H and O–H groups in total. The summed E-state index contributed by atoms with van der Waals surface area (Å²) in [6.07, 6.45) is 12.1. The van der Waals surface area contributed by atoms with Gasteiger partial charge in [-0.15, -0.1) is 0 Å². The van der Waals surface area contributed by atoms with Crippen LogP contribution in [0.15, 0.2) is 39.9 Å². The van der Waals surface area contributed by atoms with Crippen molar-refractivity contribution in [3.63, 3.8) is 0 Å². The number of rotatable bonds is 3. The van der Waals surface area contributed by atoms with Crippen LogP contribution in [0.2, 0.25) is 0 Å². The van der Waals surface area contributed by atoms with E-state index >= 15 is 0 Å². The van der Waals surface area contributed by atoms with E-state index in [2.05, 4.69) is 42.0 Å². The predicted molar refractivity (Wildman–Crippen MR) is 83.9 cm³/mol. The Morgan fingerprint density at radius 2 is 1.95 bits per heavy atom. The van der Waals surface area contributed by atoms with Crippen LogP contribution in [-0.4, -0.2) is 37.3 Å².